The van der Waals surface area contributed by atoms with E-state index in [2.05, 4.69) is 0 Å². The summed E-state index contributed by atoms with van der Waals surface area (Å²) in [5, 5.41) is 8.98. The molecule has 1 N–H and O–H groups in total. The molecule has 0 spiro atoms. The monoisotopic (exact) mass is 300 g/mol. The molecule has 2 saturated heterocycles. The Morgan fingerprint density at radius 2 is 2.10 bits per heavy atom. The van der Waals surface area contributed by atoms with Crippen LogP contribution in [0.5, 0.6) is 0 Å². The van der Waals surface area contributed by atoms with Crippen LogP contribution in [0.3, 0.4) is 0 Å². The van der Waals surface area contributed by atoms with Crippen LogP contribution in [0.25, 0.3) is 0 Å². The molecule has 0 aromatic rings. The van der Waals surface area contributed by atoms with Crippen LogP contribution in [-0.2, 0) is 14.4 Å². The van der Waals surface area contributed by atoms with E-state index in [4.69, 9.17) is 5.11 Å². The molecule has 0 aromatic heterocycles. The van der Waals surface area contributed by atoms with Gasteiger partial charge in [-0.2, -0.15) is 0 Å². The van der Waals surface area contributed by atoms with E-state index in [0.717, 1.165) is 6.42 Å². The van der Waals surface area contributed by atoms with Crippen molar-refractivity contribution in [3.05, 3.63) is 0 Å². The molecule has 2 heterocycles. The van der Waals surface area contributed by atoms with Crippen LogP contribution in [0.15, 0.2) is 0 Å². The first-order valence-corrected chi connectivity index (χ1v) is 8.08. The molecule has 2 rings (SSSR count). The van der Waals surface area contributed by atoms with Crippen molar-refractivity contribution in [2.75, 3.05) is 24.7 Å². The van der Waals surface area contributed by atoms with Crippen molar-refractivity contribution < 1.29 is 19.5 Å². The van der Waals surface area contributed by atoms with Gasteiger partial charge < -0.3 is 14.9 Å². The molecule has 2 unspecified atom stereocenters. The molecule has 0 aliphatic carbocycles. The van der Waals surface area contributed by atoms with E-state index >= 15 is 0 Å². The number of thioether (sulfide) groups is 1. The summed E-state index contributed by atoms with van der Waals surface area (Å²) in [5.41, 5.74) is 0. The molecule has 0 aromatic carbocycles. The molecular formula is C13H20N2O4S. The molecule has 6 nitrogen and oxygen atoms in total. The molecule has 2 atom stereocenters. The first-order chi connectivity index (χ1) is 9.54. The molecule has 2 fully saturated rings. The summed E-state index contributed by atoms with van der Waals surface area (Å²) in [6, 6.07) is -0.411. The molecule has 0 bridgehead atoms. The minimum Gasteiger partial charge on any atom is -0.481 e. The van der Waals surface area contributed by atoms with Crippen molar-refractivity contribution in [2.24, 2.45) is 5.92 Å². The number of rotatable bonds is 4. The zero-order chi connectivity index (χ0) is 14.7. The van der Waals surface area contributed by atoms with Crippen LogP contribution < -0.4 is 0 Å². The fraction of sp³-hybridized carbons (Fsp3) is 0.769. The molecular weight excluding hydrogens is 280 g/mol. The van der Waals surface area contributed by atoms with E-state index < -0.39 is 17.9 Å². The molecule has 2 amide bonds. The smallest absolute Gasteiger partial charge is 0.308 e. The van der Waals surface area contributed by atoms with Crippen LogP contribution in [0, 0.1) is 5.92 Å². The standard InChI is InChI=1S/C13H20N2O4S/c1-2-3-11(16)15-8-20-7-10(15)12(17)14-5-4-9(6-14)13(18)19/h9-10H,2-8H2,1H3,(H,18,19). The number of carbonyl (C=O) groups is 3. The summed E-state index contributed by atoms with van der Waals surface area (Å²) in [6.45, 7) is 2.69. The number of carboxylic acids is 1. The van der Waals surface area contributed by atoms with Gasteiger partial charge in [0.25, 0.3) is 0 Å². The highest BCUT2D eigenvalue weighted by Gasteiger charge is 2.39. The van der Waals surface area contributed by atoms with Crippen LogP contribution in [-0.4, -0.2) is 63.5 Å². The Morgan fingerprint density at radius 1 is 1.35 bits per heavy atom. The highest BCUT2D eigenvalue weighted by atomic mass is 32.2. The van der Waals surface area contributed by atoms with Crippen LogP contribution >= 0.6 is 11.8 Å². The first-order valence-electron chi connectivity index (χ1n) is 6.93. The van der Waals surface area contributed by atoms with Gasteiger partial charge in [-0.3, -0.25) is 14.4 Å². The molecule has 7 heteroatoms. The van der Waals surface area contributed by atoms with Crippen molar-refractivity contribution >= 4 is 29.5 Å². The van der Waals surface area contributed by atoms with Crippen molar-refractivity contribution in [3.8, 4) is 0 Å². The third-order valence-electron chi connectivity index (χ3n) is 3.80. The number of carboxylic acid groups (broad SMARTS) is 1. The Kier molecular flexibility index (Phi) is 4.91. The number of amides is 2. The van der Waals surface area contributed by atoms with Gasteiger partial charge in [0.1, 0.15) is 6.04 Å². The van der Waals surface area contributed by atoms with Gasteiger partial charge >= 0.3 is 5.97 Å². The van der Waals surface area contributed by atoms with Crippen molar-refractivity contribution in [2.45, 2.75) is 32.2 Å². The summed E-state index contributed by atoms with van der Waals surface area (Å²) in [6.07, 6.45) is 1.73. The van der Waals surface area contributed by atoms with Crippen LogP contribution in [0.2, 0.25) is 0 Å². The second kappa shape index (κ2) is 6.47. The fourth-order valence-corrected chi connectivity index (χ4v) is 3.80. The zero-order valence-corrected chi connectivity index (χ0v) is 12.4. The normalized spacial score (nSPS) is 26.1. The van der Waals surface area contributed by atoms with E-state index in [1.165, 1.54) is 0 Å². The molecule has 2 aliphatic rings. The summed E-state index contributed by atoms with van der Waals surface area (Å²) in [5.74, 6) is -0.214. The van der Waals surface area contributed by atoms with Gasteiger partial charge in [0.2, 0.25) is 11.8 Å². The second-order valence-corrected chi connectivity index (χ2v) is 6.24. The van der Waals surface area contributed by atoms with Crippen molar-refractivity contribution in [1.29, 1.82) is 0 Å². The van der Waals surface area contributed by atoms with Gasteiger partial charge in [0, 0.05) is 25.3 Å². The van der Waals surface area contributed by atoms with Gasteiger partial charge in [-0.25, -0.2) is 0 Å². The Bertz CT molecular complexity index is 415. The molecule has 20 heavy (non-hydrogen) atoms. The molecule has 2 aliphatic heterocycles. The Hall–Kier alpha value is -1.24. The number of hydrogen-bond acceptors (Lipinski definition) is 4. The average Bonchev–Trinajstić information content (AvgIpc) is 3.07. The number of hydrogen-bond donors (Lipinski definition) is 1. The lowest BCUT2D eigenvalue weighted by Gasteiger charge is -2.27. The Labute approximate surface area is 122 Å². The predicted molar refractivity (Wildman–Crippen MR) is 75.2 cm³/mol. The minimum atomic E-state index is -0.847. The third kappa shape index (κ3) is 3.08. The number of nitrogens with zero attached hydrogens (tertiary/aromatic N) is 2. The summed E-state index contributed by atoms with van der Waals surface area (Å²) >= 11 is 1.58. The van der Waals surface area contributed by atoms with E-state index in [1.807, 2.05) is 6.92 Å². The fourth-order valence-electron chi connectivity index (χ4n) is 2.62. The van der Waals surface area contributed by atoms with Crippen LogP contribution in [0.1, 0.15) is 26.2 Å². The van der Waals surface area contributed by atoms with E-state index in [1.54, 1.807) is 21.6 Å². The maximum absolute atomic E-state index is 12.5. The van der Waals surface area contributed by atoms with E-state index in [0.29, 0.717) is 31.0 Å². The quantitative estimate of drug-likeness (QED) is 0.823. The lowest BCUT2D eigenvalue weighted by Crippen LogP contribution is -2.48. The Balaban J connectivity index is 1.98. The molecule has 0 radical (unpaired) electrons. The van der Waals surface area contributed by atoms with Gasteiger partial charge in [0.05, 0.1) is 11.8 Å². The van der Waals surface area contributed by atoms with Crippen molar-refractivity contribution in [3.63, 3.8) is 0 Å². The second-order valence-electron chi connectivity index (χ2n) is 5.24. The van der Waals surface area contributed by atoms with Gasteiger partial charge in [-0.05, 0) is 12.8 Å². The topological polar surface area (TPSA) is 77.9 Å². The SMILES string of the molecule is CCCC(=O)N1CSCC1C(=O)N1CCC(C(=O)O)C1. The number of aliphatic carboxylic acids is 1. The maximum Gasteiger partial charge on any atom is 0.308 e. The summed E-state index contributed by atoms with van der Waals surface area (Å²) < 4.78 is 0. The number of carbonyl (C=O) groups excluding carboxylic acids is 2. The van der Waals surface area contributed by atoms with E-state index in [-0.39, 0.29) is 18.4 Å². The number of likely N-dealkylation sites (tertiary alicyclic amines) is 1. The Morgan fingerprint density at radius 3 is 2.70 bits per heavy atom. The van der Waals surface area contributed by atoms with Gasteiger partial charge in [-0.15, -0.1) is 11.8 Å². The van der Waals surface area contributed by atoms with Crippen LogP contribution in [0.4, 0.5) is 0 Å². The lowest BCUT2D eigenvalue weighted by atomic mass is 10.1. The highest BCUT2D eigenvalue weighted by molar-refractivity contribution is 7.99. The summed E-state index contributed by atoms with van der Waals surface area (Å²) in [7, 11) is 0. The average molecular weight is 300 g/mol. The minimum absolute atomic E-state index is 0.0184. The highest BCUT2D eigenvalue weighted by Crippen LogP contribution is 2.26. The first kappa shape index (κ1) is 15.2. The molecule has 112 valence electrons. The summed E-state index contributed by atoms with van der Waals surface area (Å²) in [4.78, 5) is 38.6. The van der Waals surface area contributed by atoms with Gasteiger partial charge in [-0.1, -0.05) is 6.92 Å². The molecule has 0 saturated carbocycles. The largest absolute Gasteiger partial charge is 0.481 e. The van der Waals surface area contributed by atoms with Crippen molar-refractivity contribution in [1.82, 2.24) is 9.80 Å². The van der Waals surface area contributed by atoms with E-state index in [9.17, 15) is 14.4 Å². The predicted octanol–water partition coefficient (Wildman–Crippen LogP) is 0.621. The maximum atomic E-state index is 12.5. The van der Waals surface area contributed by atoms with Gasteiger partial charge in [0.15, 0.2) is 0 Å². The third-order valence-corrected chi connectivity index (χ3v) is 4.81. The lowest BCUT2D eigenvalue weighted by molar-refractivity contribution is -0.144. The zero-order valence-electron chi connectivity index (χ0n) is 11.6.